The minimum atomic E-state index is -0.0644. The lowest BCUT2D eigenvalue weighted by atomic mass is 10.1. The van der Waals surface area contributed by atoms with E-state index in [0.717, 1.165) is 51.7 Å². The minimum Gasteiger partial charge on any atom is -0.466 e. The van der Waals surface area contributed by atoms with E-state index in [2.05, 4.69) is 37.7 Å². The van der Waals surface area contributed by atoms with Gasteiger partial charge in [0.15, 0.2) is 0 Å². The van der Waals surface area contributed by atoms with Crippen LogP contribution in [0.15, 0.2) is 4.99 Å². The molecule has 0 unspecified atom stereocenters. The van der Waals surface area contributed by atoms with Crippen LogP contribution in [-0.4, -0.2) is 49.9 Å². The van der Waals surface area contributed by atoms with E-state index in [-0.39, 0.29) is 5.97 Å². The second-order valence-corrected chi connectivity index (χ2v) is 6.49. The van der Waals surface area contributed by atoms with E-state index in [1.165, 1.54) is 5.71 Å². The molecule has 0 radical (unpaired) electrons. The van der Waals surface area contributed by atoms with Crippen LogP contribution < -0.4 is 0 Å². The van der Waals surface area contributed by atoms with Gasteiger partial charge in [0, 0.05) is 18.7 Å². The average molecular weight is 312 g/mol. The van der Waals surface area contributed by atoms with Crippen LogP contribution in [0.5, 0.6) is 0 Å². The molecule has 0 spiro atoms. The Bertz CT molecular complexity index is 314. The molecule has 0 aliphatic rings. The normalized spacial score (nSPS) is 12.2. The maximum atomic E-state index is 11.2. The monoisotopic (exact) mass is 312 g/mol. The molecule has 0 atom stereocenters. The zero-order valence-electron chi connectivity index (χ0n) is 15.4. The molecule has 4 nitrogen and oxygen atoms in total. The standard InChI is InChI=1S/C18H36N2O2/c1-6-22-18(21)11-8-7-9-13-20(5)14-10-12-19-17(4)15-16(2)3/h16H,6-15H2,1-5H3/b19-17+. The molecule has 0 aromatic carbocycles. The third kappa shape index (κ3) is 14.1. The maximum absolute atomic E-state index is 11.2. The second kappa shape index (κ2) is 13.7. The number of nitrogens with zero attached hydrogens (tertiary/aromatic N) is 2. The Morgan fingerprint density at radius 3 is 2.45 bits per heavy atom. The molecule has 0 amide bonds. The number of rotatable bonds is 13. The number of carbonyl (C=O) groups excluding carboxylic acids is 1. The van der Waals surface area contributed by atoms with Gasteiger partial charge < -0.3 is 9.64 Å². The van der Waals surface area contributed by atoms with E-state index in [0.29, 0.717) is 18.9 Å². The van der Waals surface area contributed by atoms with Crippen LogP contribution in [0.2, 0.25) is 0 Å². The molecule has 0 saturated carbocycles. The minimum absolute atomic E-state index is 0.0644. The summed E-state index contributed by atoms with van der Waals surface area (Å²) in [5.41, 5.74) is 1.27. The van der Waals surface area contributed by atoms with Crippen LogP contribution in [0.25, 0.3) is 0 Å². The van der Waals surface area contributed by atoms with Gasteiger partial charge in [-0.25, -0.2) is 0 Å². The van der Waals surface area contributed by atoms with E-state index >= 15 is 0 Å². The molecule has 0 aliphatic heterocycles. The molecule has 0 N–H and O–H groups in total. The zero-order valence-corrected chi connectivity index (χ0v) is 15.4. The van der Waals surface area contributed by atoms with Crippen molar-refractivity contribution in [2.75, 3.05) is 33.3 Å². The summed E-state index contributed by atoms with van der Waals surface area (Å²) >= 11 is 0. The third-order valence-corrected chi connectivity index (χ3v) is 3.51. The van der Waals surface area contributed by atoms with Crippen LogP contribution in [0.4, 0.5) is 0 Å². The Balaban J connectivity index is 3.50. The molecule has 0 rings (SSSR count). The lowest BCUT2D eigenvalue weighted by Crippen LogP contribution is -2.21. The largest absolute Gasteiger partial charge is 0.466 e. The topological polar surface area (TPSA) is 41.9 Å². The Morgan fingerprint density at radius 2 is 1.82 bits per heavy atom. The zero-order chi connectivity index (χ0) is 16.8. The first kappa shape index (κ1) is 21.1. The summed E-state index contributed by atoms with van der Waals surface area (Å²) < 4.78 is 4.92. The molecule has 130 valence electrons. The van der Waals surface area contributed by atoms with Gasteiger partial charge in [-0.05, 0) is 65.6 Å². The van der Waals surface area contributed by atoms with Gasteiger partial charge in [-0.2, -0.15) is 0 Å². The van der Waals surface area contributed by atoms with Crippen molar-refractivity contribution in [3.63, 3.8) is 0 Å². The van der Waals surface area contributed by atoms with Crippen LogP contribution in [0.3, 0.4) is 0 Å². The van der Waals surface area contributed by atoms with Gasteiger partial charge in [-0.3, -0.25) is 9.79 Å². The quantitative estimate of drug-likeness (QED) is 0.294. The molecule has 0 bridgehead atoms. The van der Waals surface area contributed by atoms with Gasteiger partial charge in [0.05, 0.1) is 6.61 Å². The predicted octanol–water partition coefficient (Wildman–Crippen LogP) is 3.94. The summed E-state index contributed by atoms with van der Waals surface area (Å²) in [7, 11) is 2.16. The molecule has 4 heteroatoms. The van der Waals surface area contributed by atoms with Crippen molar-refractivity contribution in [3.05, 3.63) is 0 Å². The number of unbranched alkanes of at least 4 members (excludes halogenated alkanes) is 2. The molecule has 0 saturated heterocycles. The third-order valence-electron chi connectivity index (χ3n) is 3.51. The van der Waals surface area contributed by atoms with E-state index in [4.69, 9.17) is 4.74 Å². The van der Waals surface area contributed by atoms with Crippen molar-refractivity contribution in [2.45, 2.75) is 66.2 Å². The van der Waals surface area contributed by atoms with E-state index in [9.17, 15) is 4.79 Å². The molecule has 0 aromatic heterocycles. The number of carbonyl (C=O) groups is 1. The highest BCUT2D eigenvalue weighted by atomic mass is 16.5. The predicted molar refractivity (Wildman–Crippen MR) is 94.6 cm³/mol. The first-order chi connectivity index (χ1) is 10.5. The summed E-state index contributed by atoms with van der Waals surface area (Å²) in [6.45, 7) is 12.1. The number of hydrogen-bond donors (Lipinski definition) is 0. The first-order valence-electron chi connectivity index (χ1n) is 8.79. The molecule has 0 aromatic rings. The average Bonchev–Trinajstić information content (AvgIpc) is 2.42. The SMILES string of the molecule is CCOC(=O)CCCCCN(C)CCC/N=C(\C)CC(C)C. The van der Waals surface area contributed by atoms with E-state index in [1.54, 1.807) is 0 Å². The Labute approximate surface area is 137 Å². The van der Waals surface area contributed by atoms with Crippen molar-refractivity contribution in [2.24, 2.45) is 10.9 Å². The van der Waals surface area contributed by atoms with Crippen molar-refractivity contribution in [3.8, 4) is 0 Å². The Morgan fingerprint density at radius 1 is 1.14 bits per heavy atom. The van der Waals surface area contributed by atoms with Gasteiger partial charge >= 0.3 is 5.97 Å². The summed E-state index contributed by atoms with van der Waals surface area (Å²) in [6.07, 6.45) is 5.96. The molecular weight excluding hydrogens is 276 g/mol. The fourth-order valence-electron chi connectivity index (χ4n) is 2.44. The van der Waals surface area contributed by atoms with Crippen molar-refractivity contribution in [1.29, 1.82) is 0 Å². The lowest BCUT2D eigenvalue weighted by Gasteiger charge is -2.15. The van der Waals surface area contributed by atoms with E-state index < -0.39 is 0 Å². The van der Waals surface area contributed by atoms with Crippen LogP contribution >= 0.6 is 0 Å². The van der Waals surface area contributed by atoms with E-state index in [1.807, 2.05) is 6.92 Å². The fraction of sp³-hybridized carbons (Fsp3) is 0.889. The highest BCUT2D eigenvalue weighted by Crippen LogP contribution is 2.04. The van der Waals surface area contributed by atoms with Gasteiger partial charge in [-0.15, -0.1) is 0 Å². The molecule has 22 heavy (non-hydrogen) atoms. The first-order valence-corrected chi connectivity index (χ1v) is 8.79. The van der Waals surface area contributed by atoms with Gasteiger partial charge in [0.1, 0.15) is 0 Å². The van der Waals surface area contributed by atoms with Gasteiger partial charge in [0.2, 0.25) is 0 Å². The molecule has 0 aliphatic carbocycles. The van der Waals surface area contributed by atoms with Gasteiger partial charge in [0.25, 0.3) is 0 Å². The number of aliphatic imine (C=N–C) groups is 1. The van der Waals surface area contributed by atoms with Crippen molar-refractivity contribution >= 4 is 11.7 Å². The highest BCUT2D eigenvalue weighted by molar-refractivity contribution is 5.82. The molecule has 0 heterocycles. The summed E-state index contributed by atoms with van der Waals surface area (Å²) in [6, 6.07) is 0. The highest BCUT2D eigenvalue weighted by Gasteiger charge is 2.02. The van der Waals surface area contributed by atoms with Crippen LogP contribution in [0, 0.1) is 5.92 Å². The second-order valence-electron chi connectivity index (χ2n) is 6.49. The Kier molecular flexibility index (Phi) is 13.2. The number of hydrogen-bond acceptors (Lipinski definition) is 4. The smallest absolute Gasteiger partial charge is 0.305 e. The van der Waals surface area contributed by atoms with Crippen molar-refractivity contribution < 1.29 is 9.53 Å². The number of ether oxygens (including phenoxy) is 1. The van der Waals surface area contributed by atoms with Crippen LogP contribution in [0.1, 0.15) is 66.2 Å². The lowest BCUT2D eigenvalue weighted by molar-refractivity contribution is -0.143. The summed E-state index contributed by atoms with van der Waals surface area (Å²) in [5.74, 6) is 0.631. The van der Waals surface area contributed by atoms with Crippen molar-refractivity contribution in [1.82, 2.24) is 4.90 Å². The maximum Gasteiger partial charge on any atom is 0.305 e. The molecular formula is C18H36N2O2. The summed E-state index contributed by atoms with van der Waals surface area (Å²) in [4.78, 5) is 18.2. The van der Waals surface area contributed by atoms with Gasteiger partial charge in [-0.1, -0.05) is 20.3 Å². The Hall–Kier alpha value is -0.900. The molecule has 0 fully saturated rings. The fourth-order valence-corrected chi connectivity index (χ4v) is 2.44. The van der Waals surface area contributed by atoms with Crippen LogP contribution in [-0.2, 0) is 9.53 Å². The number of esters is 1. The summed E-state index contributed by atoms with van der Waals surface area (Å²) in [5, 5.41) is 0.